The molecule has 0 aromatic heterocycles. The Bertz CT molecular complexity index is 694. The molecule has 3 heteroatoms. The van der Waals surface area contributed by atoms with Gasteiger partial charge in [-0.2, -0.15) is 0 Å². The van der Waals surface area contributed by atoms with Gasteiger partial charge in [-0.1, -0.05) is 12.1 Å². The van der Waals surface area contributed by atoms with Gasteiger partial charge in [-0.05, 0) is 73.6 Å². The smallest absolute Gasteiger partial charge is 0.255 e. The molecule has 1 N–H and O–H groups in total. The Morgan fingerprint density at radius 3 is 2.76 bits per heavy atom. The lowest BCUT2D eigenvalue weighted by atomic mass is 9.90. The Balaban J connectivity index is 1.86. The van der Waals surface area contributed by atoms with Crippen LogP contribution in [0, 0.1) is 12.7 Å². The summed E-state index contributed by atoms with van der Waals surface area (Å²) in [4.78, 5) is 12.3. The predicted molar refractivity (Wildman–Crippen MR) is 82.2 cm³/mol. The molecule has 0 radical (unpaired) electrons. The number of carbonyl (C=O) groups is 1. The lowest BCUT2D eigenvalue weighted by Crippen LogP contribution is -2.15. The minimum absolute atomic E-state index is 0.183. The number of anilines is 1. The summed E-state index contributed by atoms with van der Waals surface area (Å²) < 4.78 is 13.3. The lowest BCUT2D eigenvalue weighted by Gasteiger charge is -2.19. The van der Waals surface area contributed by atoms with Gasteiger partial charge in [-0.3, -0.25) is 4.79 Å². The average molecular weight is 283 g/mol. The summed E-state index contributed by atoms with van der Waals surface area (Å²) in [6.45, 7) is 1.66. The second-order valence-electron chi connectivity index (χ2n) is 5.57. The van der Waals surface area contributed by atoms with Gasteiger partial charge in [0.1, 0.15) is 5.82 Å². The van der Waals surface area contributed by atoms with Gasteiger partial charge in [0.25, 0.3) is 5.91 Å². The van der Waals surface area contributed by atoms with Crippen molar-refractivity contribution in [2.75, 3.05) is 5.32 Å². The number of halogens is 1. The van der Waals surface area contributed by atoms with Gasteiger partial charge in [0.15, 0.2) is 0 Å². The van der Waals surface area contributed by atoms with Crippen LogP contribution in [0.25, 0.3) is 0 Å². The number of amides is 1. The topological polar surface area (TPSA) is 29.1 Å². The molecule has 2 aromatic carbocycles. The molecule has 108 valence electrons. The molecule has 0 saturated heterocycles. The zero-order valence-corrected chi connectivity index (χ0v) is 12.1. The molecule has 0 spiro atoms. The fraction of sp³-hybridized carbons (Fsp3) is 0.278. The molecule has 1 amide bonds. The number of fused-ring (bicyclic) bond motifs is 1. The minimum atomic E-state index is -0.288. The first-order chi connectivity index (χ1) is 10.1. The molecule has 0 heterocycles. The molecule has 2 aromatic rings. The van der Waals surface area contributed by atoms with Crippen molar-refractivity contribution < 1.29 is 9.18 Å². The fourth-order valence-corrected chi connectivity index (χ4v) is 2.88. The van der Waals surface area contributed by atoms with E-state index in [0.717, 1.165) is 24.9 Å². The molecule has 0 saturated carbocycles. The van der Waals surface area contributed by atoms with Gasteiger partial charge in [0.2, 0.25) is 0 Å². The standard InChI is InChI=1S/C18H18FNO/c1-12-11-14(9-10-16(12)19)18(21)20-17-8-4-6-13-5-2-3-7-15(13)17/h4,6,8-11H,2-3,5,7H2,1H3,(H,20,21). The second kappa shape index (κ2) is 5.68. The Kier molecular flexibility index (Phi) is 3.74. The number of carbonyl (C=O) groups excluding carboxylic acids is 1. The Morgan fingerprint density at radius 1 is 1.14 bits per heavy atom. The van der Waals surface area contributed by atoms with Crippen molar-refractivity contribution >= 4 is 11.6 Å². The maximum atomic E-state index is 13.3. The van der Waals surface area contributed by atoms with E-state index in [4.69, 9.17) is 0 Å². The molecule has 1 aliphatic rings. The van der Waals surface area contributed by atoms with E-state index in [1.165, 1.54) is 29.7 Å². The van der Waals surface area contributed by atoms with E-state index in [1.54, 1.807) is 13.0 Å². The predicted octanol–water partition coefficient (Wildman–Crippen LogP) is 4.27. The van der Waals surface area contributed by atoms with Crippen LogP contribution >= 0.6 is 0 Å². The third kappa shape index (κ3) is 2.82. The van der Waals surface area contributed by atoms with Crippen LogP contribution in [-0.2, 0) is 12.8 Å². The second-order valence-corrected chi connectivity index (χ2v) is 5.57. The summed E-state index contributed by atoms with van der Waals surface area (Å²) in [5.74, 6) is -0.472. The van der Waals surface area contributed by atoms with E-state index in [9.17, 15) is 9.18 Å². The van der Waals surface area contributed by atoms with Crippen molar-refractivity contribution in [3.63, 3.8) is 0 Å². The van der Waals surface area contributed by atoms with E-state index < -0.39 is 0 Å². The lowest BCUT2D eigenvalue weighted by molar-refractivity contribution is 0.102. The Labute approximate surface area is 124 Å². The Hall–Kier alpha value is -2.16. The average Bonchev–Trinajstić information content (AvgIpc) is 2.50. The van der Waals surface area contributed by atoms with Crippen LogP contribution in [0.1, 0.15) is 39.9 Å². The monoisotopic (exact) mass is 283 g/mol. The highest BCUT2D eigenvalue weighted by Gasteiger charge is 2.15. The molecule has 21 heavy (non-hydrogen) atoms. The number of hydrogen-bond donors (Lipinski definition) is 1. The third-order valence-electron chi connectivity index (χ3n) is 4.06. The number of rotatable bonds is 2. The molecule has 0 atom stereocenters. The van der Waals surface area contributed by atoms with Gasteiger partial charge in [-0.25, -0.2) is 4.39 Å². The molecule has 0 bridgehead atoms. The first kappa shape index (κ1) is 13.8. The number of benzene rings is 2. The van der Waals surface area contributed by atoms with Gasteiger partial charge >= 0.3 is 0 Å². The van der Waals surface area contributed by atoms with E-state index in [-0.39, 0.29) is 11.7 Å². The molecule has 2 nitrogen and oxygen atoms in total. The summed E-state index contributed by atoms with van der Waals surface area (Å²) in [6, 6.07) is 10.5. The summed E-state index contributed by atoms with van der Waals surface area (Å²) in [7, 11) is 0. The van der Waals surface area contributed by atoms with E-state index >= 15 is 0 Å². The van der Waals surface area contributed by atoms with Crippen molar-refractivity contribution in [2.45, 2.75) is 32.6 Å². The van der Waals surface area contributed by atoms with E-state index in [0.29, 0.717) is 11.1 Å². The SMILES string of the molecule is Cc1cc(C(=O)Nc2cccc3c2CCCC3)ccc1F. The van der Waals surface area contributed by atoms with Gasteiger partial charge in [0.05, 0.1) is 0 Å². The fourth-order valence-electron chi connectivity index (χ4n) is 2.88. The van der Waals surface area contributed by atoms with Crippen molar-refractivity contribution in [3.05, 3.63) is 64.5 Å². The van der Waals surface area contributed by atoms with Crippen molar-refractivity contribution in [1.82, 2.24) is 0 Å². The Morgan fingerprint density at radius 2 is 1.95 bits per heavy atom. The number of aryl methyl sites for hydroxylation is 2. The maximum Gasteiger partial charge on any atom is 0.255 e. The highest BCUT2D eigenvalue weighted by molar-refractivity contribution is 6.04. The molecular weight excluding hydrogens is 265 g/mol. The largest absolute Gasteiger partial charge is 0.322 e. The van der Waals surface area contributed by atoms with Crippen LogP contribution in [0.3, 0.4) is 0 Å². The highest BCUT2D eigenvalue weighted by Crippen LogP contribution is 2.28. The summed E-state index contributed by atoms with van der Waals surface area (Å²) in [5.41, 5.74) is 4.43. The maximum absolute atomic E-state index is 13.3. The molecular formula is C18H18FNO. The molecule has 1 aliphatic carbocycles. The van der Waals surface area contributed by atoms with Crippen LogP contribution in [0.2, 0.25) is 0 Å². The molecule has 3 rings (SSSR count). The van der Waals surface area contributed by atoms with Crippen LogP contribution in [0.4, 0.5) is 10.1 Å². The van der Waals surface area contributed by atoms with Crippen molar-refractivity contribution in [2.24, 2.45) is 0 Å². The van der Waals surface area contributed by atoms with Crippen LogP contribution in [0.15, 0.2) is 36.4 Å². The van der Waals surface area contributed by atoms with Crippen molar-refractivity contribution in [3.8, 4) is 0 Å². The third-order valence-corrected chi connectivity index (χ3v) is 4.06. The zero-order chi connectivity index (χ0) is 14.8. The van der Waals surface area contributed by atoms with E-state index in [2.05, 4.69) is 11.4 Å². The summed E-state index contributed by atoms with van der Waals surface area (Å²) in [5, 5.41) is 2.97. The summed E-state index contributed by atoms with van der Waals surface area (Å²) >= 11 is 0. The van der Waals surface area contributed by atoms with Crippen LogP contribution in [0.5, 0.6) is 0 Å². The van der Waals surface area contributed by atoms with Crippen molar-refractivity contribution in [1.29, 1.82) is 0 Å². The number of nitrogens with one attached hydrogen (secondary N) is 1. The van der Waals surface area contributed by atoms with Crippen LogP contribution < -0.4 is 5.32 Å². The highest BCUT2D eigenvalue weighted by atomic mass is 19.1. The van der Waals surface area contributed by atoms with E-state index in [1.807, 2.05) is 12.1 Å². The first-order valence-electron chi connectivity index (χ1n) is 7.33. The molecule has 0 aliphatic heterocycles. The quantitative estimate of drug-likeness (QED) is 0.876. The first-order valence-corrected chi connectivity index (χ1v) is 7.33. The normalized spacial score (nSPS) is 13.6. The van der Waals surface area contributed by atoms with Gasteiger partial charge < -0.3 is 5.32 Å². The zero-order valence-electron chi connectivity index (χ0n) is 12.1. The number of hydrogen-bond acceptors (Lipinski definition) is 1. The molecule has 0 unspecified atom stereocenters. The van der Waals surface area contributed by atoms with Crippen LogP contribution in [-0.4, -0.2) is 5.91 Å². The van der Waals surface area contributed by atoms with Gasteiger partial charge in [0, 0.05) is 11.3 Å². The minimum Gasteiger partial charge on any atom is -0.322 e. The molecule has 0 fully saturated rings. The summed E-state index contributed by atoms with van der Waals surface area (Å²) in [6.07, 6.45) is 4.46. The van der Waals surface area contributed by atoms with Gasteiger partial charge in [-0.15, -0.1) is 0 Å².